The molecule has 1 unspecified atom stereocenters. The largest absolute Gasteiger partial charge is 0.479 e. The average Bonchev–Trinajstić information content (AvgIpc) is 2.40. The number of anilines is 1. The Hall–Kier alpha value is -1.71. The summed E-state index contributed by atoms with van der Waals surface area (Å²) in [6, 6.07) is 10.7. The van der Waals surface area contributed by atoms with E-state index < -0.39 is 6.10 Å². The van der Waals surface area contributed by atoms with Crippen LogP contribution in [0.3, 0.4) is 0 Å². The molecule has 0 aliphatic heterocycles. The molecule has 116 valence electrons. The zero-order chi connectivity index (χ0) is 16.3. The van der Waals surface area contributed by atoms with Gasteiger partial charge in [-0.2, -0.15) is 0 Å². The van der Waals surface area contributed by atoms with Gasteiger partial charge in [0.15, 0.2) is 6.10 Å². The molecule has 2 rings (SSSR count). The maximum atomic E-state index is 12.2. The lowest BCUT2D eigenvalue weighted by molar-refractivity contribution is -0.122. The lowest BCUT2D eigenvalue weighted by Gasteiger charge is -2.16. The van der Waals surface area contributed by atoms with E-state index in [9.17, 15) is 4.79 Å². The molecule has 2 aromatic carbocycles. The van der Waals surface area contributed by atoms with E-state index in [1.807, 2.05) is 32.0 Å². The molecule has 0 bridgehead atoms. The Morgan fingerprint density at radius 3 is 2.32 bits per heavy atom. The minimum Gasteiger partial charge on any atom is -0.479 e. The van der Waals surface area contributed by atoms with Crippen molar-refractivity contribution in [3.8, 4) is 5.75 Å². The third-order valence-electron chi connectivity index (χ3n) is 3.06. The maximum absolute atomic E-state index is 12.2. The first kappa shape index (κ1) is 16.7. The topological polar surface area (TPSA) is 38.3 Å². The molecule has 0 heterocycles. The number of rotatable bonds is 4. The molecule has 0 radical (unpaired) electrons. The second kappa shape index (κ2) is 7.03. The van der Waals surface area contributed by atoms with Gasteiger partial charge in [-0.1, -0.05) is 29.3 Å². The lowest BCUT2D eigenvalue weighted by Crippen LogP contribution is -2.30. The molecular weight excluding hydrogens is 321 g/mol. The van der Waals surface area contributed by atoms with Crippen molar-refractivity contribution in [2.75, 3.05) is 5.32 Å². The minimum atomic E-state index is -0.681. The standard InChI is InChI=1S/C17H17Cl2NO2/c1-10-6-11(2)8-14(7-10)20-17(21)12(3)22-16-5-4-13(18)9-15(16)19/h4-9,12H,1-3H3,(H,20,21). The molecule has 0 spiro atoms. The summed E-state index contributed by atoms with van der Waals surface area (Å²) in [5.41, 5.74) is 2.93. The molecule has 1 N–H and O–H groups in total. The first-order chi connectivity index (χ1) is 10.3. The number of nitrogens with one attached hydrogen (secondary N) is 1. The maximum Gasteiger partial charge on any atom is 0.265 e. The quantitative estimate of drug-likeness (QED) is 0.850. The van der Waals surface area contributed by atoms with Crippen molar-refractivity contribution in [1.29, 1.82) is 0 Å². The van der Waals surface area contributed by atoms with Gasteiger partial charge >= 0.3 is 0 Å². The monoisotopic (exact) mass is 337 g/mol. The Labute approximate surface area is 140 Å². The SMILES string of the molecule is Cc1cc(C)cc(NC(=O)C(C)Oc2ccc(Cl)cc2Cl)c1. The summed E-state index contributed by atoms with van der Waals surface area (Å²) < 4.78 is 5.59. The molecule has 0 saturated carbocycles. The van der Waals surface area contributed by atoms with Gasteiger partial charge in [-0.05, 0) is 62.2 Å². The predicted molar refractivity (Wildman–Crippen MR) is 91.1 cm³/mol. The van der Waals surface area contributed by atoms with Crippen molar-refractivity contribution in [2.24, 2.45) is 0 Å². The van der Waals surface area contributed by atoms with E-state index in [0.717, 1.165) is 16.8 Å². The molecule has 0 aromatic heterocycles. The summed E-state index contributed by atoms with van der Waals surface area (Å²) in [5, 5.41) is 3.73. The smallest absolute Gasteiger partial charge is 0.265 e. The van der Waals surface area contributed by atoms with Crippen molar-refractivity contribution < 1.29 is 9.53 Å². The average molecular weight is 338 g/mol. The fourth-order valence-electron chi connectivity index (χ4n) is 2.11. The van der Waals surface area contributed by atoms with Gasteiger partial charge in [-0.15, -0.1) is 0 Å². The number of benzene rings is 2. The zero-order valence-electron chi connectivity index (χ0n) is 12.6. The van der Waals surface area contributed by atoms with Crippen LogP contribution in [0.2, 0.25) is 10.0 Å². The Morgan fingerprint density at radius 2 is 1.73 bits per heavy atom. The zero-order valence-corrected chi connectivity index (χ0v) is 14.1. The second-order valence-electron chi connectivity index (χ2n) is 5.20. The Balaban J connectivity index is 2.05. The van der Waals surface area contributed by atoms with Crippen molar-refractivity contribution in [3.05, 3.63) is 57.6 Å². The third kappa shape index (κ3) is 4.39. The van der Waals surface area contributed by atoms with Gasteiger partial charge < -0.3 is 10.1 Å². The van der Waals surface area contributed by atoms with E-state index >= 15 is 0 Å². The van der Waals surface area contributed by atoms with Crippen LogP contribution in [0.15, 0.2) is 36.4 Å². The van der Waals surface area contributed by atoms with Gasteiger partial charge in [0.2, 0.25) is 0 Å². The van der Waals surface area contributed by atoms with Gasteiger partial charge in [-0.25, -0.2) is 0 Å². The van der Waals surface area contributed by atoms with Crippen LogP contribution in [0.25, 0.3) is 0 Å². The number of aryl methyl sites for hydroxylation is 2. The number of hydrogen-bond donors (Lipinski definition) is 1. The van der Waals surface area contributed by atoms with Crippen LogP contribution < -0.4 is 10.1 Å². The Kier molecular flexibility index (Phi) is 5.33. The number of amides is 1. The fourth-order valence-corrected chi connectivity index (χ4v) is 2.56. The fraction of sp³-hybridized carbons (Fsp3) is 0.235. The van der Waals surface area contributed by atoms with Gasteiger partial charge in [-0.3, -0.25) is 4.79 Å². The van der Waals surface area contributed by atoms with Crippen LogP contribution in [-0.4, -0.2) is 12.0 Å². The van der Waals surface area contributed by atoms with Crippen molar-refractivity contribution in [3.63, 3.8) is 0 Å². The van der Waals surface area contributed by atoms with E-state index in [0.29, 0.717) is 15.8 Å². The molecule has 22 heavy (non-hydrogen) atoms. The normalized spacial score (nSPS) is 11.9. The summed E-state index contributed by atoms with van der Waals surface area (Å²) in [6.45, 7) is 5.63. The van der Waals surface area contributed by atoms with Crippen molar-refractivity contribution >= 4 is 34.8 Å². The lowest BCUT2D eigenvalue weighted by atomic mass is 10.1. The number of ether oxygens (including phenoxy) is 1. The van der Waals surface area contributed by atoms with E-state index in [2.05, 4.69) is 5.32 Å². The highest BCUT2D eigenvalue weighted by Gasteiger charge is 2.16. The molecule has 5 heteroatoms. The minimum absolute atomic E-state index is 0.240. The summed E-state index contributed by atoms with van der Waals surface area (Å²) >= 11 is 11.9. The molecule has 0 aliphatic carbocycles. The van der Waals surface area contributed by atoms with E-state index in [1.165, 1.54) is 0 Å². The number of hydrogen-bond acceptors (Lipinski definition) is 2. The van der Waals surface area contributed by atoms with E-state index in [4.69, 9.17) is 27.9 Å². The van der Waals surface area contributed by atoms with Gasteiger partial charge in [0.05, 0.1) is 5.02 Å². The van der Waals surface area contributed by atoms with Crippen LogP contribution in [0.1, 0.15) is 18.1 Å². The molecule has 0 aliphatic rings. The molecule has 1 atom stereocenters. The summed E-state index contributed by atoms with van der Waals surface area (Å²) in [4.78, 5) is 12.2. The van der Waals surface area contributed by atoms with E-state index in [-0.39, 0.29) is 5.91 Å². The first-order valence-electron chi connectivity index (χ1n) is 6.86. The summed E-state index contributed by atoms with van der Waals surface area (Å²) in [5.74, 6) is 0.185. The highest BCUT2D eigenvalue weighted by atomic mass is 35.5. The summed E-state index contributed by atoms with van der Waals surface area (Å²) in [7, 11) is 0. The molecule has 2 aromatic rings. The van der Waals surface area contributed by atoms with Crippen molar-refractivity contribution in [1.82, 2.24) is 0 Å². The molecule has 0 saturated heterocycles. The summed E-state index contributed by atoms with van der Waals surface area (Å²) in [6.07, 6.45) is -0.681. The van der Waals surface area contributed by atoms with Crippen LogP contribution in [0.5, 0.6) is 5.75 Å². The third-order valence-corrected chi connectivity index (χ3v) is 3.59. The van der Waals surface area contributed by atoms with Crippen LogP contribution >= 0.6 is 23.2 Å². The Morgan fingerprint density at radius 1 is 1.09 bits per heavy atom. The van der Waals surface area contributed by atoms with Crippen LogP contribution in [-0.2, 0) is 4.79 Å². The van der Waals surface area contributed by atoms with Crippen LogP contribution in [0.4, 0.5) is 5.69 Å². The second-order valence-corrected chi connectivity index (χ2v) is 6.04. The Bertz CT molecular complexity index is 681. The number of carbonyl (C=O) groups excluding carboxylic acids is 1. The van der Waals surface area contributed by atoms with Crippen molar-refractivity contribution in [2.45, 2.75) is 26.9 Å². The highest BCUT2D eigenvalue weighted by molar-refractivity contribution is 6.35. The molecule has 1 amide bonds. The first-order valence-corrected chi connectivity index (χ1v) is 7.61. The van der Waals surface area contributed by atoms with Crippen LogP contribution in [0, 0.1) is 13.8 Å². The molecule has 0 fully saturated rings. The molecule has 3 nitrogen and oxygen atoms in total. The number of carbonyl (C=O) groups is 1. The highest BCUT2D eigenvalue weighted by Crippen LogP contribution is 2.28. The van der Waals surface area contributed by atoms with Gasteiger partial charge in [0, 0.05) is 10.7 Å². The predicted octanol–water partition coefficient (Wildman–Crippen LogP) is 5.02. The van der Waals surface area contributed by atoms with E-state index in [1.54, 1.807) is 25.1 Å². The number of halogens is 2. The van der Waals surface area contributed by atoms with Gasteiger partial charge in [0.25, 0.3) is 5.91 Å². The van der Waals surface area contributed by atoms with Gasteiger partial charge in [0.1, 0.15) is 5.75 Å². The molecular formula is C17H17Cl2NO2.